The predicted molar refractivity (Wildman–Crippen MR) is 274 cm³/mol. The van der Waals surface area contributed by atoms with Crippen LogP contribution in [-0.2, 0) is 0 Å². The van der Waals surface area contributed by atoms with Gasteiger partial charge in [-0.05, 0) is 108 Å². The van der Waals surface area contributed by atoms with Crippen molar-refractivity contribution in [2.75, 3.05) is 44.4 Å². The van der Waals surface area contributed by atoms with Gasteiger partial charge in [-0.2, -0.15) is 22.0 Å². The van der Waals surface area contributed by atoms with E-state index in [9.17, 15) is 10.2 Å². The van der Waals surface area contributed by atoms with Crippen molar-refractivity contribution in [3.63, 3.8) is 0 Å². The topological polar surface area (TPSA) is 78.1 Å². The number of hydrogen-bond donors (Lipinski definition) is 2. The molecule has 8 aromatic carbocycles. The molecule has 8 rings (SSSR count). The average molecular weight is 873 g/mol. The van der Waals surface area contributed by atoms with Gasteiger partial charge in [0.1, 0.15) is 0 Å². The number of hydrogen-bond acceptors (Lipinski definition) is 9. The summed E-state index contributed by atoms with van der Waals surface area (Å²) >= 11 is 1.51. The van der Waals surface area contributed by atoms with Crippen molar-refractivity contribution in [2.45, 2.75) is 12.2 Å². The van der Waals surface area contributed by atoms with Crippen LogP contribution < -0.4 is 19.8 Å². The van der Waals surface area contributed by atoms with Crippen LogP contribution in [0.4, 0.5) is 45.5 Å². The number of anilines is 8. The Labute approximate surface area is 386 Å². The maximum Gasteiger partial charge on any atom is 0.0826 e. The molecule has 0 spiro atoms. The van der Waals surface area contributed by atoms with Gasteiger partial charge in [0.25, 0.3) is 0 Å². The Morgan fingerprint density at radius 1 is 0.338 bits per heavy atom. The van der Waals surface area contributed by atoms with Crippen LogP contribution in [0.2, 0.25) is 0 Å². The fourth-order valence-electron chi connectivity index (χ4n) is 7.38. The van der Waals surface area contributed by atoms with Crippen LogP contribution >= 0.6 is 11.8 Å². The molecule has 2 unspecified atom stereocenters. The second-order valence-electron chi connectivity index (χ2n) is 15.4. The Kier molecular flexibility index (Phi) is 15.5. The summed E-state index contributed by atoms with van der Waals surface area (Å²) in [6.45, 7) is 0.566. The highest BCUT2D eigenvalue weighted by atomic mass is 32.2. The predicted octanol–water partition coefficient (Wildman–Crippen LogP) is 12.5. The van der Waals surface area contributed by atoms with Crippen molar-refractivity contribution in [2.24, 2.45) is 10.2 Å². The van der Waals surface area contributed by atoms with Gasteiger partial charge in [-0.15, -0.1) is 0 Å². The van der Waals surface area contributed by atoms with Gasteiger partial charge in [0.2, 0.25) is 0 Å². The van der Waals surface area contributed by atoms with Crippen molar-refractivity contribution >= 4 is 69.7 Å². The Hall–Kier alpha value is -7.43. The van der Waals surface area contributed by atoms with E-state index in [-0.39, 0.29) is 13.1 Å². The molecule has 2 atom stereocenters. The lowest BCUT2D eigenvalue weighted by atomic mass is 10.1. The standard InChI is InChI=1S/C56H52N6O2S/c63-55(41-59(47-19-7-1-8-20-47)57-39-45-31-35-53(36-32-45)61(49-23-11-3-12-24-49)50-25-13-4-14-26-50)43-65-44-56(64)42-60(48-21-9-2-10-22-48)58-40-46-33-37-54(38-34-46)62(51-27-15-5-16-28-51)52-29-17-6-18-30-52/h1-40,55-56,63-64H,41-44H2/b57-39+,58-40+. The monoisotopic (exact) mass is 872 g/mol. The number of aliphatic hydroxyl groups is 2. The summed E-state index contributed by atoms with van der Waals surface area (Å²) in [6.07, 6.45) is 2.24. The first-order valence-corrected chi connectivity index (χ1v) is 22.9. The summed E-state index contributed by atoms with van der Waals surface area (Å²) in [5.41, 5.74) is 9.98. The third kappa shape index (κ3) is 12.4. The number of hydrazone groups is 2. The number of aliphatic hydroxyl groups excluding tert-OH is 2. The molecule has 0 heterocycles. The van der Waals surface area contributed by atoms with Gasteiger partial charge in [-0.3, -0.25) is 10.0 Å². The van der Waals surface area contributed by atoms with E-state index >= 15 is 0 Å². The van der Waals surface area contributed by atoms with E-state index in [1.807, 2.05) is 156 Å². The minimum Gasteiger partial charge on any atom is -0.390 e. The number of para-hydroxylation sites is 6. The van der Waals surface area contributed by atoms with Crippen LogP contribution in [0, 0.1) is 0 Å². The fraction of sp³-hybridized carbons (Fsp3) is 0.107. The van der Waals surface area contributed by atoms with E-state index in [1.54, 1.807) is 0 Å². The quantitative estimate of drug-likeness (QED) is 0.0583. The smallest absolute Gasteiger partial charge is 0.0826 e. The van der Waals surface area contributed by atoms with Gasteiger partial charge in [-0.1, -0.05) is 133 Å². The molecule has 0 saturated carbocycles. The Morgan fingerprint density at radius 2 is 0.585 bits per heavy atom. The van der Waals surface area contributed by atoms with Gasteiger partial charge in [0.05, 0.1) is 49.1 Å². The third-order valence-electron chi connectivity index (χ3n) is 10.5. The summed E-state index contributed by atoms with van der Waals surface area (Å²) in [5, 5.41) is 36.0. The van der Waals surface area contributed by atoms with Crippen molar-refractivity contribution in [3.8, 4) is 0 Å². The van der Waals surface area contributed by atoms with Gasteiger partial charge in [0.15, 0.2) is 0 Å². The molecule has 0 aromatic heterocycles. The second kappa shape index (κ2) is 22.8. The molecular weight excluding hydrogens is 821 g/mol. The van der Waals surface area contributed by atoms with E-state index in [0.29, 0.717) is 11.5 Å². The van der Waals surface area contributed by atoms with E-state index in [2.05, 4.69) is 107 Å². The first-order valence-electron chi connectivity index (χ1n) is 21.7. The zero-order valence-corrected chi connectivity index (χ0v) is 36.9. The molecule has 9 heteroatoms. The van der Waals surface area contributed by atoms with Gasteiger partial charge in [-0.25, -0.2) is 0 Å². The molecule has 0 saturated heterocycles. The van der Waals surface area contributed by atoms with Crippen LogP contribution in [0.5, 0.6) is 0 Å². The third-order valence-corrected chi connectivity index (χ3v) is 11.8. The highest BCUT2D eigenvalue weighted by Gasteiger charge is 2.17. The molecule has 0 bridgehead atoms. The van der Waals surface area contributed by atoms with Gasteiger partial charge < -0.3 is 20.0 Å². The van der Waals surface area contributed by atoms with Crippen LogP contribution in [0.15, 0.2) is 241 Å². The Balaban J connectivity index is 0.885. The first-order chi connectivity index (χ1) is 32.1. The lowest BCUT2D eigenvalue weighted by Gasteiger charge is -2.25. The van der Waals surface area contributed by atoms with Crippen molar-refractivity contribution in [1.82, 2.24) is 0 Å². The molecule has 0 aliphatic carbocycles. The SMILES string of the molecule is OC(CSCC(O)CN(/N=C/c1ccc(N(c2ccccc2)c2ccccc2)cc1)c1ccccc1)CN(/N=C/c1ccc(N(c2ccccc2)c2ccccc2)cc1)c1ccccc1. The molecule has 65 heavy (non-hydrogen) atoms. The van der Waals surface area contributed by atoms with E-state index in [0.717, 1.165) is 56.6 Å². The summed E-state index contributed by atoms with van der Waals surface area (Å²) in [7, 11) is 0. The molecule has 0 radical (unpaired) electrons. The molecule has 0 aliphatic rings. The van der Waals surface area contributed by atoms with Crippen LogP contribution in [0.3, 0.4) is 0 Å². The number of thioether (sulfide) groups is 1. The zero-order chi connectivity index (χ0) is 44.5. The number of benzene rings is 8. The van der Waals surface area contributed by atoms with E-state index in [4.69, 9.17) is 10.2 Å². The lowest BCUT2D eigenvalue weighted by Crippen LogP contribution is -2.32. The largest absolute Gasteiger partial charge is 0.390 e. The Bertz CT molecular complexity index is 2390. The number of rotatable bonds is 20. The highest BCUT2D eigenvalue weighted by Crippen LogP contribution is 2.35. The minimum absolute atomic E-state index is 0.283. The first kappa shape index (κ1) is 44.2. The molecular formula is C56H52N6O2S. The van der Waals surface area contributed by atoms with E-state index < -0.39 is 12.2 Å². The van der Waals surface area contributed by atoms with Crippen LogP contribution in [0.1, 0.15) is 11.1 Å². The van der Waals surface area contributed by atoms with E-state index in [1.165, 1.54) is 11.8 Å². The fourth-order valence-corrected chi connectivity index (χ4v) is 8.27. The summed E-state index contributed by atoms with van der Waals surface area (Å²) in [4.78, 5) is 4.45. The van der Waals surface area contributed by atoms with Gasteiger partial charge in [0, 0.05) is 45.6 Å². The molecule has 8 aromatic rings. The minimum atomic E-state index is -0.705. The number of nitrogens with zero attached hydrogens (tertiary/aromatic N) is 6. The maximum absolute atomic E-state index is 11.3. The van der Waals surface area contributed by atoms with Crippen molar-refractivity contribution in [1.29, 1.82) is 0 Å². The van der Waals surface area contributed by atoms with Crippen LogP contribution in [-0.4, -0.2) is 59.4 Å². The molecule has 8 nitrogen and oxygen atoms in total. The maximum atomic E-state index is 11.3. The summed E-state index contributed by atoms with van der Waals surface area (Å²) in [5.74, 6) is 0.840. The molecule has 0 amide bonds. The Morgan fingerprint density at radius 3 is 0.862 bits per heavy atom. The molecule has 2 N–H and O–H groups in total. The van der Waals surface area contributed by atoms with Crippen molar-refractivity contribution < 1.29 is 10.2 Å². The summed E-state index contributed by atoms with van der Waals surface area (Å²) < 4.78 is 0. The van der Waals surface area contributed by atoms with Crippen molar-refractivity contribution in [3.05, 3.63) is 242 Å². The lowest BCUT2D eigenvalue weighted by molar-refractivity contribution is 0.200. The molecule has 324 valence electrons. The highest BCUT2D eigenvalue weighted by molar-refractivity contribution is 7.99. The van der Waals surface area contributed by atoms with Gasteiger partial charge >= 0.3 is 0 Å². The summed E-state index contributed by atoms with van der Waals surface area (Å²) in [6, 6.07) is 77.6. The average Bonchev–Trinajstić information content (AvgIpc) is 3.37. The molecule has 0 fully saturated rings. The second-order valence-corrected chi connectivity index (χ2v) is 16.4. The van der Waals surface area contributed by atoms with Crippen LogP contribution in [0.25, 0.3) is 0 Å². The normalized spacial score (nSPS) is 12.2. The zero-order valence-electron chi connectivity index (χ0n) is 36.1. The molecule has 0 aliphatic heterocycles.